The molecule has 98 valence electrons. The number of carbonyl (C=O) groups is 2. The second-order valence-corrected chi connectivity index (χ2v) is 3.92. The smallest absolute Gasteiger partial charge is 0.337 e. The minimum atomic E-state index is -1.08. The first kappa shape index (κ1) is 12.9. The van der Waals surface area contributed by atoms with Gasteiger partial charge < -0.3 is 14.8 Å². The van der Waals surface area contributed by atoms with Crippen LogP contribution in [0.5, 0.6) is 0 Å². The van der Waals surface area contributed by atoms with Crippen molar-refractivity contribution in [1.82, 2.24) is 0 Å². The minimum Gasteiger partial charge on any atom is -0.478 e. The fourth-order valence-electron chi connectivity index (χ4n) is 1.78. The summed E-state index contributed by atoms with van der Waals surface area (Å²) in [5, 5.41) is 11.6. The number of carboxylic acids is 1. The van der Waals surface area contributed by atoms with Gasteiger partial charge in [-0.05, 0) is 18.2 Å². The monoisotopic (exact) mass is 259 g/mol. The van der Waals surface area contributed by atoms with E-state index in [9.17, 15) is 9.59 Å². The van der Waals surface area contributed by atoms with Crippen molar-refractivity contribution < 1.29 is 19.1 Å². The van der Waals surface area contributed by atoms with Crippen LogP contribution in [0.25, 0.3) is 0 Å². The average Bonchev–Trinajstić information content (AvgIpc) is 2.87. The molecule has 19 heavy (non-hydrogen) atoms. The molecule has 1 aromatic heterocycles. The van der Waals surface area contributed by atoms with Gasteiger partial charge in [0, 0.05) is 6.42 Å². The summed E-state index contributed by atoms with van der Waals surface area (Å²) in [6.45, 7) is 1.88. The van der Waals surface area contributed by atoms with Crippen molar-refractivity contribution in [3.05, 3.63) is 53.5 Å². The van der Waals surface area contributed by atoms with Crippen molar-refractivity contribution in [3.63, 3.8) is 0 Å². The number of amides is 1. The largest absolute Gasteiger partial charge is 0.478 e. The van der Waals surface area contributed by atoms with Gasteiger partial charge in [0.1, 0.15) is 5.76 Å². The summed E-state index contributed by atoms with van der Waals surface area (Å²) in [6.07, 6.45) is 2.03. The van der Waals surface area contributed by atoms with Gasteiger partial charge in [-0.3, -0.25) is 4.79 Å². The Morgan fingerprint density at radius 1 is 1.21 bits per heavy atom. The van der Waals surface area contributed by atoms with Crippen LogP contribution in [-0.4, -0.2) is 17.0 Å². The summed E-state index contributed by atoms with van der Waals surface area (Å²) in [4.78, 5) is 23.1. The highest BCUT2D eigenvalue weighted by Gasteiger charge is 2.16. The lowest BCUT2D eigenvalue weighted by molar-refractivity contribution is 0.0698. The third-order valence-corrected chi connectivity index (χ3v) is 2.72. The zero-order valence-electron chi connectivity index (χ0n) is 10.3. The van der Waals surface area contributed by atoms with Gasteiger partial charge in [0.25, 0.3) is 5.91 Å². The van der Waals surface area contributed by atoms with Crippen LogP contribution in [0.15, 0.2) is 41.0 Å². The molecule has 5 nitrogen and oxygen atoms in total. The molecule has 2 aromatic rings. The topological polar surface area (TPSA) is 79.5 Å². The summed E-state index contributed by atoms with van der Waals surface area (Å²) < 4.78 is 5.17. The Hall–Kier alpha value is -2.56. The van der Waals surface area contributed by atoms with E-state index < -0.39 is 5.97 Å². The lowest BCUT2D eigenvalue weighted by atomic mass is 10.1. The fourth-order valence-corrected chi connectivity index (χ4v) is 1.78. The van der Waals surface area contributed by atoms with Gasteiger partial charge in [-0.15, -0.1) is 0 Å². The van der Waals surface area contributed by atoms with Gasteiger partial charge >= 0.3 is 5.97 Å². The highest BCUT2D eigenvalue weighted by atomic mass is 16.4. The number of aromatic carboxylic acids is 1. The molecular formula is C14H13NO4. The van der Waals surface area contributed by atoms with Gasteiger partial charge in [0.15, 0.2) is 0 Å². The van der Waals surface area contributed by atoms with Gasteiger partial charge in [-0.25, -0.2) is 4.79 Å². The van der Waals surface area contributed by atoms with Crippen LogP contribution in [0.2, 0.25) is 0 Å². The standard InChI is InChI=1S/C14H13NO4/c1-2-12-10(7-8-19-12)13(16)15-11-6-4-3-5-9(11)14(17)18/h3-8H,2H2,1H3,(H,15,16)(H,17,18). The SMILES string of the molecule is CCc1occc1C(=O)Nc1ccccc1C(=O)O. The van der Waals surface area contributed by atoms with Crippen LogP contribution in [0.3, 0.4) is 0 Å². The molecule has 0 spiro atoms. The molecule has 0 radical (unpaired) electrons. The molecule has 0 aliphatic heterocycles. The molecule has 5 heteroatoms. The van der Waals surface area contributed by atoms with Crippen LogP contribution in [0, 0.1) is 0 Å². The number of nitrogens with one attached hydrogen (secondary N) is 1. The van der Waals surface area contributed by atoms with Gasteiger partial charge in [-0.2, -0.15) is 0 Å². The number of rotatable bonds is 4. The van der Waals surface area contributed by atoms with Crippen molar-refractivity contribution in [2.75, 3.05) is 5.32 Å². The van der Waals surface area contributed by atoms with Crippen LogP contribution >= 0.6 is 0 Å². The van der Waals surface area contributed by atoms with Gasteiger partial charge in [0.2, 0.25) is 0 Å². The van der Waals surface area contributed by atoms with E-state index in [1.165, 1.54) is 12.3 Å². The lowest BCUT2D eigenvalue weighted by Gasteiger charge is -2.07. The number of furan rings is 1. The first-order valence-corrected chi connectivity index (χ1v) is 5.83. The summed E-state index contributed by atoms with van der Waals surface area (Å²) in [5.74, 6) is -0.886. The summed E-state index contributed by atoms with van der Waals surface area (Å²) >= 11 is 0. The van der Waals surface area contributed by atoms with Crippen molar-refractivity contribution in [2.45, 2.75) is 13.3 Å². The number of para-hydroxylation sites is 1. The number of carbonyl (C=O) groups excluding carboxylic acids is 1. The Labute approximate surface area is 109 Å². The second-order valence-electron chi connectivity index (χ2n) is 3.92. The molecule has 1 amide bonds. The molecule has 0 saturated heterocycles. The molecule has 0 bridgehead atoms. The highest BCUT2D eigenvalue weighted by molar-refractivity contribution is 6.08. The second kappa shape index (κ2) is 5.39. The molecule has 0 fully saturated rings. The van der Waals surface area contributed by atoms with E-state index in [0.29, 0.717) is 17.7 Å². The number of anilines is 1. The van der Waals surface area contributed by atoms with E-state index in [1.54, 1.807) is 24.3 Å². The molecule has 0 unspecified atom stereocenters. The zero-order chi connectivity index (χ0) is 13.8. The number of aryl methyl sites for hydroxylation is 1. The summed E-state index contributed by atoms with van der Waals surface area (Å²) in [5.41, 5.74) is 0.739. The molecule has 2 N–H and O–H groups in total. The van der Waals surface area contributed by atoms with Crippen LogP contribution in [-0.2, 0) is 6.42 Å². The number of carboxylic acid groups (broad SMARTS) is 1. The van der Waals surface area contributed by atoms with Crippen molar-refractivity contribution >= 4 is 17.6 Å². The molecular weight excluding hydrogens is 246 g/mol. The van der Waals surface area contributed by atoms with E-state index >= 15 is 0 Å². The number of benzene rings is 1. The Morgan fingerprint density at radius 3 is 2.63 bits per heavy atom. The number of hydrogen-bond donors (Lipinski definition) is 2. The predicted octanol–water partition coefficient (Wildman–Crippen LogP) is 2.79. The third-order valence-electron chi connectivity index (χ3n) is 2.72. The van der Waals surface area contributed by atoms with E-state index in [-0.39, 0.29) is 17.2 Å². The molecule has 2 rings (SSSR count). The normalized spacial score (nSPS) is 10.2. The van der Waals surface area contributed by atoms with Crippen molar-refractivity contribution in [1.29, 1.82) is 0 Å². The van der Waals surface area contributed by atoms with Gasteiger partial charge in [-0.1, -0.05) is 19.1 Å². The quantitative estimate of drug-likeness (QED) is 0.884. The van der Waals surface area contributed by atoms with Crippen LogP contribution < -0.4 is 5.32 Å². The third kappa shape index (κ3) is 2.65. The predicted molar refractivity (Wildman–Crippen MR) is 69.4 cm³/mol. The summed E-state index contributed by atoms with van der Waals surface area (Å²) in [7, 11) is 0. The summed E-state index contributed by atoms with van der Waals surface area (Å²) in [6, 6.07) is 7.82. The van der Waals surface area contributed by atoms with E-state index in [2.05, 4.69) is 5.32 Å². The molecule has 0 saturated carbocycles. The fraction of sp³-hybridized carbons (Fsp3) is 0.143. The van der Waals surface area contributed by atoms with Crippen molar-refractivity contribution in [2.24, 2.45) is 0 Å². The van der Waals surface area contributed by atoms with Crippen LogP contribution in [0.4, 0.5) is 5.69 Å². The average molecular weight is 259 g/mol. The lowest BCUT2D eigenvalue weighted by Crippen LogP contribution is -2.15. The molecule has 0 atom stereocenters. The van der Waals surface area contributed by atoms with Crippen molar-refractivity contribution in [3.8, 4) is 0 Å². The first-order chi connectivity index (χ1) is 9.13. The van der Waals surface area contributed by atoms with E-state index in [4.69, 9.17) is 9.52 Å². The van der Waals surface area contributed by atoms with Gasteiger partial charge in [0.05, 0.1) is 23.1 Å². The Kier molecular flexibility index (Phi) is 3.66. The molecule has 0 aliphatic carbocycles. The Balaban J connectivity index is 2.27. The molecule has 1 aromatic carbocycles. The van der Waals surface area contributed by atoms with E-state index in [1.807, 2.05) is 6.92 Å². The maximum absolute atomic E-state index is 12.1. The van der Waals surface area contributed by atoms with Crippen LogP contribution in [0.1, 0.15) is 33.4 Å². The maximum Gasteiger partial charge on any atom is 0.337 e. The maximum atomic E-state index is 12.1. The zero-order valence-corrected chi connectivity index (χ0v) is 10.3. The molecule has 0 aliphatic rings. The first-order valence-electron chi connectivity index (χ1n) is 5.83. The molecule has 1 heterocycles. The van der Waals surface area contributed by atoms with E-state index in [0.717, 1.165) is 0 Å². The Bertz CT molecular complexity index is 615. The number of hydrogen-bond acceptors (Lipinski definition) is 3. The minimum absolute atomic E-state index is 0.0531. The highest BCUT2D eigenvalue weighted by Crippen LogP contribution is 2.18. The Morgan fingerprint density at radius 2 is 1.95 bits per heavy atom.